The van der Waals surface area contributed by atoms with Crippen LogP contribution in [0.5, 0.6) is 0 Å². The zero-order valence-corrected chi connectivity index (χ0v) is 14.9. The van der Waals surface area contributed by atoms with E-state index in [4.69, 9.17) is 28.5 Å². The topological polar surface area (TPSA) is 53.6 Å². The zero-order valence-electron chi connectivity index (χ0n) is 13.4. The molecule has 0 unspecified atom stereocenters. The zero-order chi connectivity index (χ0) is 17.6. The maximum atomic E-state index is 8.79. The summed E-state index contributed by atoms with van der Waals surface area (Å²) in [5.74, 6) is 0. The highest BCUT2D eigenvalue weighted by molar-refractivity contribution is 6.42. The quantitative estimate of drug-likeness (QED) is 0.633. The number of anilines is 1. The number of hydrogen-bond donors (Lipinski definition) is 1. The number of halogens is 2. The van der Waals surface area contributed by atoms with Gasteiger partial charge in [0.05, 0.1) is 34.8 Å². The summed E-state index contributed by atoms with van der Waals surface area (Å²) in [4.78, 5) is 0. The molecule has 0 aliphatic carbocycles. The summed E-state index contributed by atoms with van der Waals surface area (Å²) in [5, 5.41) is 17.8. The van der Waals surface area contributed by atoms with Crippen LogP contribution in [0.15, 0.2) is 54.7 Å². The first-order chi connectivity index (χ1) is 12.2. The summed E-state index contributed by atoms with van der Waals surface area (Å²) in [7, 11) is 0. The Hall–Kier alpha value is -2.48. The van der Waals surface area contributed by atoms with E-state index >= 15 is 0 Å². The van der Waals surface area contributed by atoms with Crippen LogP contribution in [0.1, 0.15) is 12.0 Å². The highest BCUT2D eigenvalue weighted by atomic mass is 35.5. The summed E-state index contributed by atoms with van der Waals surface area (Å²) < 4.78 is 1.82. The summed E-state index contributed by atoms with van der Waals surface area (Å²) in [6, 6.07) is 17.6. The maximum absolute atomic E-state index is 8.79. The first-order valence-electron chi connectivity index (χ1n) is 7.85. The predicted molar refractivity (Wildman–Crippen MR) is 102 cm³/mol. The van der Waals surface area contributed by atoms with E-state index in [1.54, 1.807) is 12.1 Å². The third kappa shape index (κ3) is 4.33. The molecule has 25 heavy (non-hydrogen) atoms. The number of nitrogens with zero attached hydrogens (tertiary/aromatic N) is 3. The van der Waals surface area contributed by atoms with Crippen LogP contribution in [-0.2, 0) is 13.1 Å². The van der Waals surface area contributed by atoms with Gasteiger partial charge < -0.3 is 5.32 Å². The number of hydrogen-bond acceptors (Lipinski definition) is 3. The minimum Gasteiger partial charge on any atom is -0.381 e. The van der Waals surface area contributed by atoms with Gasteiger partial charge in [0, 0.05) is 29.6 Å². The second kappa shape index (κ2) is 8.06. The van der Waals surface area contributed by atoms with Gasteiger partial charge in [-0.15, -0.1) is 0 Å². The van der Waals surface area contributed by atoms with Crippen molar-refractivity contribution in [1.82, 2.24) is 9.78 Å². The number of rotatable bonds is 6. The van der Waals surface area contributed by atoms with E-state index in [2.05, 4.69) is 16.5 Å². The average Bonchev–Trinajstić information content (AvgIpc) is 3.05. The molecule has 1 N–H and O–H groups in total. The van der Waals surface area contributed by atoms with Gasteiger partial charge in [-0.3, -0.25) is 4.68 Å². The number of nitrogens with one attached hydrogen (secondary N) is 1. The molecule has 1 aromatic heterocycles. The monoisotopic (exact) mass is 370 g/mol. The third-order valence-electron chi connectivity index (χ3n) is 3.74. The molecule has 0 saturated carbocycles. The van der Waals surface area contributed by atoms with Crippen molar-refractivity contribution >= 4 is 28.9 Å². The van der Waals surface area contributed by atoms with Crippen molar-refractivity contribution in [1.29, 1.82) is 5.26 Å². The molecule has 4 nitrogen and oxygen atoms in total. The molecule has 1 heterocycles. The molecule has 0 aliphatic rings. The van der Waals surface area contributed by atoms with Crippen molar-refractivity contribution < 1.29 is 0 Å². The summed E-state index contributed by atoms with van der Waals surface area (Å²) >= 11 is 12.0. The summed E-state index contributed by atoms with van der Waals surface area (Å²) in [6.07, 6.45) is 2.40. The maximum Gasteiger partial charge on any atom is 0.0973 e. The lowest BCUT2D eigenvalue weighted by atomic mass is 10.1. The second-order valence-electron chi connectivity index (χ2n) is 5.52. The van der Waals surface area contributed by atoms with Gasteiger partial charge in [0.15, 0.2) is 0 Å². The molecule has 3 rings (SSSR count). The molecule has 0 radical (unpaired) electrons. The molecule has 0 amide bonds. The molecule has 6 heteroatoms. The largest absolute Gasteiger partial charge is 0.381 e. The minimum absolute atomic E-state index is 0.426. The van der Waals surface area contributed by atoms with E-state index in [1.165, 1.54) is 0 Å². The molecule has 0 atom stereocenters. The number of aromatic nitrogens is 2. The van der Waals surface area contributed by atoms with E-state index in [9.17, 15) is 0 Å². The number of aryl methyl sites for hydroxylation is 1. The van der Waals surface area contributed by atoms with Crippen LogP contribution in [0.3, 0.4) is 0 Å². The fourth-order valence-corrected chi connectivity index (χ4v) is 2.81. The Labute approximate surface area is 156 Å². The standard InChI is InChI=1S/C19H16Cl2N4/c20-17-8-7-16(11-18(17)21)23-12-15-13-25(10-4-9-22)24-19(15)14-5-2-1-3-6-14/h1-3,5-8,11,13,23H,4,10,12H2. The highest BCUT2D eigenvalue weighted by Gasteiger charge is 2.11. The SMILES string of the molecule is N#CCCn1cc(CNc2ccc(Cl)c(Cl)c2)c(-c2ccccc2)n1. The Morgan fingerprint density at radius 1 is 1.08 bits per heavy atom. The van der Waals surface area contributed by atoms with Gasteiger partial charge in [0.1, 0.15) is 0 Å². The normalized spacial score (nSPS) is 10.4. The third-order valence-corrected chi connectivity index (χ3v) is 4.48. The molecular formula is C19H16Cl2N4. The Morgan fingerprint density at radius 2 is 1.88 bits per heavy atom. The van der Waals surface area contributed by atoms with E-state index in [0.717, 1.165) is 22.5 Å². The van der Waals surface area contributed by atoms with E-state index < -0.39 is 0 Å². The average molecular weight is 371 g/mol. The Morgan fingerprint density at radius 3 is 2.60 bits per heavy atom. The smallest absolute Gasteiger partial charge is 0.0973 e. The predicted octanol–water partition coefficient (Wildman–Crippen LogP) is 5.38. The van der Waals surface area contributed by atoms with Crippen LogP contribution in [0.4, 0.5) is 5.69 Å². The van der Waals surface area contributed by atoms with Gasteiger partial charge in [0.2, 0.25) is 0 Å². The minimum atomic E-state index is 0.426. The highest BCUT2D eigenvalue weighted by Crippen LogP contribution is 2.27. The molecule has 0 bridgehead atoms. The summed E-state index contributed by atoms with van der Waals surface area (Å²) in [6.45, 7) is 1.16. The van der Waals surface area contributed by atoms with Crippen LogP contribution >= 0.6 is 23.2 Å². The van der Waals surface area contributed by atoms with Crippen LogP contribution in [0.2, 0.25) is 10.0 Å². The molecule has 0 fully saturated rings. The van der Waals surface area contributed by atoms with Crippen molar-refractivity contribution in [2.45, 2.75) is 19.5 Å². The van der Waals surface area contributed by atoms with Crippen LogP contribution < -0.4 is 5.32 Å². The first kappa shape index (κ1) is 17.3. The Bertz CT molecular complexity index is 898. The van der Waals surface area contributed by atoms with Gasteiger partial charge in [-0.25, -0.2) is 0 Å². The van der Waals surface area contributed by atoms with Crippen molar-refractivity contribution in [3.05, 3.63) is 70.3 Å². The van der Waals surface area contributed by atoms with Crippen molar-refractivity contribution in [3.8, 4) is 17.3 Å². The fourth-order valence-electron chi connectivity index (χ4n) is 2.51. The molecule has 3 aromatic rings. The lowest BCUT2D eigenvalue weighted by Gasteiger charge is -2.08. The van der Waals surface area contributed by atoms with Crippen molar-refractivity contribution in [3.63, 3.8) is 0 Å². The van der Waals surface area contributed by atoms with Gasteiger partial charge in [-0.1, -0.05) is 53.5 Å². The Kier molecular flexibility index (Phi) is 5.60. The van der Waals surface area contributed by atoms with Crippen molar-refractivity contribution in [2.75, 3.05) is 5.32 Å². The Balaban J connectivity index is 1.84. The van der Waals surface area contributed by atoms with Crippen LogP contribution in [0, 0.1) is 11.3 Å². The van der Waals surface area contributed by atoms with Gasteiger partial charge in [-0.2, -0.15) is 10.4 Å². The lowest BCUT2D eigenvalue weighted by molar-refractivity contribution is 0.629. The van der Waals surface area contributed by atoms with E-state index in [1.807, 2.05) is 47.3 Å². The van der Waals surface area contributed by atoms with E-state index in [-0.39, 0.29) is 0 Å². The summed E-state index contributed by atoms with van der Waals surface area (Å²) in [5.41, 5.74) is 3.89. The number of nitriles is 1. The fraction of sp³-hybridized carbons (Fsp3) is 0.158. The molecule has 0 aliphatic heterocycles. The molecule has 0 spiro atoms. The molecular weight excluding hydrogens is 355 g/mol. The molecule has 0 saturated heterocycles. The second-order valence-corrected chi connectivity index (χ2v) is 6.34. The number of benzene rings is 2. The van der Waals surface area contributed by atoms with E-state index in [0.29, 0.717) is 29.6 Å². The van der Waals surface area contributed by atoms with Crippen LogP contribution in [0.25, 0.3) is 11.3 Å². The van der Waals surface area contributed by atoms with Crippen molar-refractivity contribution in [2.24, 2.45) is 0 Å². The van der Waals surface area contributed by atoms with Crippen LogP contribution in [-0.4, -0.2) is 9.78 Å². The molecule has 2 aromatic carbocycles. The molecule has 126 valence electrons. The van der Waals surface area contributed by atoms with Gasteiger partial charge >= 0.3 is 0 Å². The van der Waals surface area contributed by atoms with Gasteiger partial charge in [-0.05, 0) is 18.2 Å². The first-order valence-corrected chi connectivity index (χ1v) is 8.60. The lowest BCUT2D eigenvalue weighted by Crippen LogP contribution is -2.00. The van der Waals surface area contributed by atoms with Gasteiger partial charge in [0.25, 0.3) is 0 Å².